The van der Waals surface area contributed by atoms with Crippen LogP contribution in [0.25, 0.3) is 6.08 Å². The Bertz CT molecular complexity index is 618. The Labute approximate surface area is 124 Å². The smallest absolute Gasteiger partial charge is 0.313 e. The first-order chi connectivity index (χ1) is 10.0. The van der Waals surface area contributed by atoms with Crippen molar-refractivity contribution < 1.29 is 14.3 Å². The van der Waals surface area contributed by atoms with Gasteiger partial charge in [-0.3, -0.25) is 4.79 Å². The van der Waals surface area contributed by atoms with Crippen LogP contribution in [0.3, 0.4) is 0 Å². The van der Waals surface area contributed by atoms with Gasteiger partial charge in [-0.2, -0.15) is 10.5 Å². The lowest BCUT2D eigenvalue weighted by molar-refractivity contribution is -0.137. The zero-order valence-electron chi connectivity index (χ0n) is 12.2. The molecule has 0 aliphatic heterocycles. The summed E-state index contributed by atoms with van der Waals surface area (Å²) in [7, 11) is 0. The molecule has 0 N–H and O–H groups in total. The molecule has 0 spiro atoms. The SMILES string of the molecule is CCOc1cc(C=C(C#N)C#N)ccc1OC(=O)C(C)C. The fraction of sp³-hybridized carbons (Fsp3) is 0.312. The van der Waals surface area contributed by atoms with Crippen molar-refractivity contribution in [2.45, 2.75) is 20.8 Å². The van der Waals surface area contributed by atoms with Gasteiger partial charge in [0.15, 0.2) is 11.5 Å². The second-order valence-corrected chi connectivity index (χ2v) is 4.50. The molecule has 1 aromatic carbocycles. The van der Waals surface area contributed by atoms with E-state index in [1.54, 1.807) is 44.2 Å². The first-order valence-corrected chi connectivity index (χ1v) is 6.52. The highest BCUT2D eigenvalue weighted by atomic mass is 16.6. The molecule has 1 rings (SSSR count). The lowest BCUT2D eigenvalue weighted by atomic mass is 10.1. The number of rotatable bonds is 5. The van der Waals surface area contributed by atoms with Gasteiger partial charge in [-0.15, -0.1) is 0 Å². The molecule has 0 heterocycles. The highest BCUT2D eigenvalue weighted by Gasteiger charge is 2.14. The van der Waals surface area contributed by atoms with Gasteiger partial charge in [0, 0.05) is 0 Å². The van der Waals surface area contributed by atoms with E-state index in [1.807, 2.05) is 6.92 Å². The van der Waals surface area contributed by atoms with Crippen molar-refractivity contribution in [1.82, 2.24) is 0 Å². The maximum absolute atomic E-state index is 11.6. The number of hydrogen-bond donors (Lipinski definition) is 0. The molecule has 0 bridgehead atoms. The number of carbonyl (C=O) groups excluding carboxylic acids is 1. The Morgan fingerprint density at radius 3 is 2.48 bits per heavy atom. The predicted molar refractivity (Wildman–Crippen MR) is 77.3 cm³/mol. The summed E-state index contributed by atoms with van der Waals surface area (Å²) in [4.78, 5) is 11.6. The molecule has 108 valence electrons. The van der Waals surface area contributed by atoms with Crippen LogP contribution in [0, 0.1) is 28.6 Å². The zero-order valence-corrected chi connectivity index (χ0v) is 12.2. The fourth-order valence-corrected chi connectivity index (χ4v) is 1.45. The Morgan fingerprint density at radius 2 is 1.95 bits per heavy atom. The topological polar surface area (TPSA) is 83.1 Å². The monoisotopic (exact) mass is 284 g/mol. The van der Waals surface area contributed by atoms with Crippen molar-refractivity contribution in [2.75, 3.05) is 6.61 Å². The number of nitrogens with zero attached hydrogens (tertiary/aromatic N) is 2. The van der Waals surface area contributed by atoms with Crippen molar-refractivity contribution in [2.24, 2.45) is 5.92 Å². The lowest BCUT2D eigenvalue weighted by Gasteiger charge is -2.12. The summed E-state index contributed by atoms with van der Waals surface area (Å²) in [5.41, 5.74) is 0.616. The molecule has 1 aromatic rings. The molecule has 0 radical (unpaired) electrons. The molecule has 0 aliphatic rings. The number of ether oxygens (including phenoxy) is 2. The van der Waals surface area contributed by atoms with Gasteiger partial charge in [-0.1, -0.05) is 19.9 Å². The average molecular weight is 284 g/mol. The molecule has 0 saturated heterocycles. The van der Waals surface area contributed by atoms with Gasteiger partial charge in [-0.25, -0.2) is 0 Å². The number of allylic oxidation sites excluding steroid dienone is 1. The van der Waals surface area contributed by atoms with Gasteiger partial charge in [-0.05, 0) is 30.7 Å². The third-order valence-electron chi connectivity index (χ3n) is 2.50. The zero-order chi connectivity index (χ0) is 15.8. The first-order valence-electron chi connectivity index (χ1n) is 6.52. The van der Waals surface area contributed by atoms with Crippen LogP contribution < -0.4 is 9.47 Å². The third-order valence-corrected chi connectivity index (χ3v) is 2.50. The van der Waals surface area contributed by atoms with Crippen molar-refractivity contribution >= 4 is 12.0 Å². The van der Waals surface area contributed by atoms with Gasteiger partial charge >= 0.3 is 5.97 Å². The summed E-state index contributed by atoms with van der Waals surface area (Å²) in [6.07, 6.45) is 1.44. The molecule has 0 atom stereocenters. The summed E-state index contributed by atoms with van der Waals surface area (Å²) >= 11 is 0. The van der Waals surface area contributed by atoms with E-state index in [0.717, 1.165) is 0 Å². The Hall–Kier alpha value is -2.79. The van der Waals surface area contributed by atoms with E-state index in [2.05, 4.69) is 0 Å². The van der Waals surface area contributed by atoms with Gasteiger partial charge in [0.05, 0.1) is 12.5 Å². The highest BCUT2D eigenvalue weighted by Crippen LogP contribution is 2.30. The maximum Gasteiger partial charge on any atom is 0.313 e. The van der Waals surface area contributed by atoms with Crippen molar-refractivity contribution in [3.05, 3.63) is 29.3 Å². The van der Waals surface area contributed by atoms with E-state index in [1.165, 1.54) is 6.08 Å². The minimum absolute atomic E-state index is 0.00984. The minimum atomic E-state index is -0.353. The van der Waals surface area contributed by atoms with E-state index in [-0.39, 0.29) is 17.5 Å². The Morgan fingerprint density at radius 1 is 1.29 bits per heavy atom. The van der Waals surface area contributed by atoms with E-state index >= 15 is 0 Å². The third kappa shape index (κ3) is 4.67. The molecule has 0 saturated carbocycles. The molecule has 0 unspecified atom stereocenters. The van der Waals surface area contributed by atoms with Crippen LogP contribution in [0.1, 0.15) is 26.3 Å². The number of benzene rings is 1. The largest absolute Gasteiger partial charge is 0.490 e. The summed E-state index contributed by atoms with van der Waals surface area (Å²) in [5.74, 6) is 0.121. The van der Waals surface area contributed by atoms with Gasteiger partial charge in [0.2, 0.25) is 0 Å². The summed E-state index contributed by atoms with van der Waals surface area (Å²) in [5, 5.41) is 17.5. The number of esters is 1. The van der Waals surface area contributed by atoms with Crippen LogP contribution in [0.5, 0.6) is 11.5 Å². The molecule has 21 heavy (non-hydrogen) atoms. The van der Waals surface area contributed by atoms with Crippen molar-refractivity contribution in [3.63, 3.8) is 0 Å². The van der Waals surface area contributed by atoms with Crippen LogP contribution in [-0.4, -0.2) is 12.6 Å². The molecule has 0 amide bonds. The minimum Gasteiger partial charge on any atom is -0.490 e. The number of hydrogen-bond acceptors (Lipinski definition) is 5. The molecule has 0 fully saturated rings. The van der Waals surface area contributed by atoms with Gasteiger partial charge < -0.3 is 9.47 Å². The molecule has 0 aliphatic carbocycles. The van der Waals surface area contributed by atoms with E-state index in [4.69, 9.17) is 20.0 Å². The standard InChI is InChI=1S/C16H16N2O3/c1-4-20-15-8-12(7-13(9-17)10-18)5-6-14(15)21-16(19)11(2)3/h5-8,11H,4H2,1-3H3. The van der Waals surface area contributed by atoms with Crippen LogP contribution in [0.2, 0.25) is 0 Å². The number of nitriles is 2. The Kier molecular flexibility index (Phi) is 5.98. The predicted octanol–water partition coefficient (Wildman–Crippen LogP) is 3.08. The second kappa shape index (κ2) is 7.72. The molecular weight excluding hydrogens is 268 g/mol. The molecule has 5 nitrogen and oxygen atoms in total. The van der Waals surface area contributed by atoms with E-state index in [9.17, 15) is 4.79 Å². The van der Waals surface area contributed by atoms with Crippen LogP contribution in [-0.2, 0) is 4.79 Å². The number of carbonyl (C=O) groups is 1. The normalized spacial score (nSPS) is 9.43. The Balaban J connectivity index is 3.14. The summed E-state index contributed by atoms with van der Waals surface area (Å²) in [6.45, 7) is 5.70. The second-order valence-electron chi connectivity index (χ2n) is 4.50. The summed E-state index contributed by atoms with van der Waals surface area (Å²) < 4.78 is 10.7. The van der Waals surface area contributed by atoms with Crippen LogP contribution >= 0.6 is 0 Å². The quantitative estimate of drug-likeness (QED) is 0.471. The van der Waals surface area contributed by atoms with Crippen molar-refractivity contribution in [3.8, 4) is 23.6 Å². The fourth-order valence-electron chi connectivity index (χ4n) is 1.45. The lowest BCUT2D eigenvalue weighted by Crippen LogP contribution is -2.15. The molecule has 5 heteroatoms. The van der Waals surface area contributed by atoms with Crippen molar-refractivity contribution in [1.29, 1.82) is 10.5 Å². The van der Waals surface area contributed by atoms with Gasteiger partial charge in [0.1, 0.15) is 17.7 Å². The first kappa shape index (κ1) is 16.3. The maximum atomic E-state index is 11.6. The van der Waals surface area contributed by atoms with E-state index < -0.39 is 0 Å². The van der Waals surface area contributed by atoms with E-state index in [0.29, 0.717) is 23.7 Å². The van der Waals surface area contributed by atoms with Crippen LogP contribution in [0.15, 0.2) is 23.8 Å². The molecular formula is C16H16N2O3. The van der Waals surface area contributed by atoms with Gasteiger partial charge in [0.25, 0.3) is 0 Å². The highest BCUT2D eigenvalue weighted by molar-refractivity contribution is 5.75. The molecule has 0 aromatic heterocycles. The van der Waals surface area contributed by atoms with Crippen LogP contribution in [0.4, 0.5) is 0 Å². The summed E-state index contributed by atoms with van der Waals surface area (Å²) in [6, 6.07) is 8.44. The average Bonchev–Trinajstić information content (AvgIpc) is 2.47.